The van der Waals surface area contributed by atoms with E-state index in [4.69, 9.17) is 4.74 Å². The Balaban J connectivity index is 2.39. The van der Waals surface area contributed by atoms with Gasteiger partial charge < -0.3 is 9.84 Å². The Kier molecular flexibility index (Phi) is 4.36. The summed E-state index contributed by atoms with van der Waals surface area (Å²) in [6.07, 6.45) is -0.826. The van der Waals surface area contributed by atoms with Gasteiger partial charge in [0.25, 0.3) is 5.06 Å². The molecule has 0 aliphatic heterocycles. The highest BCUT2D eigenvalue weighted by Gasteiger charge is 2.23. The molecule has 0 amide bonds. The average Bonchev–Trinajstić information content (AvgIpc) is 2.77. The number of halogens is 2. The van der Waals surface area contributed by atoms with Gasteiger partial charge in [-0.25, -0.2) is 4.39 Å². The van der Waals surface area contributed by atoms with Gasteiger partial charge in [0.05, 0.1) is 15.5 Å². The SMILES string of the molecule is C[C@@H](O)c1cc([N+](=O)[O-])c(Oc2ccc(F)cc2Br)s1. The molecule has 1 heterocycles. The van der Waals surface area contributed by atoms with Crippen molar-refractivity contribution in [1.82, 2.24) is 0 Å². The monoisotopic (exact) mass is 361 g/mol. The van der Waals surface area contributed by atoms with Gasteiger partial charge in [-0.2, -0.15) is 0 Å². The molecule has 0 aliphatic carbocycles. The summed E-state index contributed by atoms with van der Waals surface area (Å²) in [5.41, 5.74) is -0.234. The molecular formula is C12H9BrFNO4S. The minimum atomic E-state index is -0.826. The van der Waals surface area contributed by atoms with Gasteiger partial charge in [0.1, 0.15) is 11.6 Å². The highest BCUT2D eigenvalue weighted by molar-refractivity contribution is 9.10. The van der Waals surface area contributed by atoms with Crippen molar-refractivity contribution in [2.45, 2.75) is 13.0 Å². The van der Waals surface area contributed by atoms with E-state index in [0.29, 0.717) is 9.35 Å². The van der Waals surface area contributed by atoms with Gasteiger partial charge in [-0.05, 0) is 41.1 Å². The highest BCUT2D eigenvalue weighted by Crippen LogP contribution is 2.43. The average molecular weight is 362 g/mol. The van der Waals surface area contributed by atoms with Crippen LogP contribution in [0.3, 0.4) is 0 Å². The van der Waals surface area contributed by atoms with Crippen LogP contribution in [-0.4, -0.2) is 10.0 Å². The lowest BCUT2D eigenvalue weighted by atomic mass is 10.3. The number of aliphatic hydroxyl groups is 1. The van der Waals surface area contributed by atoms with Crippen LogP contribution in [0.15, 0.2) is 28.7 Å². The number of nitrogens with zero attached hydrogens (tertiary/aromatic N) is 1. The van der Waals surface area contributed by atoms with Crippen LogP contribution in [0.25, 0.3) is 0 Å². The summed E-state index contributed by atoms with van der Waals surface area (Å²) in [4.78, 5) is 10.8. The van der Waals surface area contributed by atoms with Crippen molar-refractivity contribution in [3.63, 3.8) is 0 Å². The third-order valence-corrected chi connectivity index (χ3v) is 4.20. The lowest BCUT2D eigenvalue weighted by Gasteiger charge is -2.05. The molecule has 0 bridgehead atoms. The largest absolute Gasteiger partial charge is 0.439 e. The number of nitro groups is 1. The molecule has 2 rings (SSSR count). The zero-order valence-electron chi connectivity index (χ0n) is 10.2. The van der Waals surface area contributed by atoms with Gasteiger partial charge >= 0.3 is 5.69 Å². The van der Waals surface area contributed by atoms with Gasteiger partial charge in [0.2, 0.25) is 0 Å². The molecule has 20 heavy (non-hydrogen) atoms. The van der Waals surface area contributed by atoms with E-state index in [9.17, 15) is 19.6 Å². The number of benzene rings is 1. The van der Waals surface area contributed by atoms with E-state index in [-0.39, 0.29) is 16.5 Å². The van der Waals surface area contributed by atoms with Gasteiger partial charge in [0.15, 0.2) is 0 Å². The minimum Gasteiger partial charge on any atom is -0.439 e. The number of thiophene rings is 1. The molecule has 0 fully saturated rings. The van der Waals surface area contributed by atoms with E-state index in [2.05, 4.69) is 15.9 Å². The fraction of sp³-hybridized carbons (Fsp3) is 0.167. The van der Waals surface area contributed by atoms with Crippen LogP contribution >= 0.6 is 27.3 Å². The second-order valence-corrected chi connectivity index (χ2v) is 5.83. The number of hydrogen-bond donors (Lipinski definition) is 1. The Labute approximate surface area is 125 Å². The van der Waals surface area contributed by atoms with E-state index in [1.54, 1.807) is 0 Å². The molecule has 1 N–H and O–H groups in total. The minimum absolute atomic E-state index is 0.0400. The van der Waals surface area contributed by atoms with Crippen molar-refractivity contribution < 1.29 is 19.2 Å². The van der Waals surface area contributed by atoms with Crippen molar-refractivity contribution in [1.29, 1.82) is 0 Å². The summed E-state index contributed by atoms with van der Waals surface area (Å²) < 4.78 is 18.8. The van der Waals surface area contributed by atoms with Gasteiger partial charge in [0, 0.05) is 10.9 Å². The molecule has 0 spiro atoms. The zero-order chi connectivity index (χ0) is 14.9. The maximum atomic E-state index is 13.0. The van der Waals surface area contributed by atoms with Crippen molar-refractivity contribution in [2.24, 2.45) is 0 Å². The molecular weight excluding hydrogens is 353 g/mol. The Bertz CT molecular complexity index is 659. The number of ether oxygens (including phenoxy) is 1. The molecule has 106 valence electrons. The predicted molar refractivity (Wildman–Crippen MR) is 75.8 cm³/mol. The molecule has 5 nitrogen and oxygen atoms in total. The van der Waals surface area contributed by atoms with Gasteiger partial charge in [-0.3, -0.25) is 10.1 Å². The van der Waals surface area contributed by atoms with E-state index in [0.717, 1.165) is 11.3 Å². The first kappa shape index (κ1) is 14.9. The lowest BCUT2D eigenvalue weighted by molar-refractivity contribution is -0.385. The molecule has 0 aliphatic rings. The van der Waals surface area contributed by atoms with Crippen LogP contribution in [-0.2, 0) is 0 Å². The van der Waals surface area contributed by atoms with Crippen LogP contribution in [0.2, 0.25) is 0 Å². The second kappa shape index (κ2) is 5.86. The smallest absolute Gasteiger partial charge is 0.323 e. The van der Waals surface area contributed by atoms with Crippen LogP contribution in [0.5, 0.6) is 10.8 Å². The Morgan fingerprint density at radius 1 is 1.50 bits per heavy atom. The Hall–Kier alpha value is -1.51. The summed E-state index contributed by atoms with van der Waals surface area (Å²) in [6.45, 7) is 1.51. The van der Waals surface area contributed by atoms with Gasteiger partial charge in [-0.15, -0.1) is 0 Å². The molecule has 1 aromatic carbocycles. The Morgan fingerprint density at radius 2 is 2.20 bits per heavy atom. The van der Waals surface area contributed by atoms with E-state index < -0.39 is 16.8 Å². The standard InChI is InChI=1S/C12H9BrFNO4S/c1-6(16)11-5-9(15(17)18)12(20-11)19-10-3-2-7(14)4-8(10)13/h2-6,16H,1H3/t6-/m1/s1. The third kappa shape index (κ3) is 3.14. The maximum Gasteiger partial charge on any atom is 0.323 e. The Morgan fingerprint density at radius 3 is 2.75 bits per heavy atom. The van der Waals surface area contributed by atoms with E-state index in [1.807, 2.05) is 0 Å². The fourth-order valence-corrected chi connectivity index (χ4v) is 2.80. The topological polar surface area (TPSA) is 72.6 Å². The zero-order valence-corrected chi connectivity index (χ0v) is 12.6. The van der Waals surface area contributed by atoms with Crippen LogP contribution in [0.4, 0.5) is 10.1 Å². The molecule has 0 saturated carbocycles. The fourth-order valence-electron chi connectivity index (χ4n) is 1.45. The van der Waals surface area contributed by atoms with Crippen molar-refractivity contribution >= 4 is 33.0 Å². The molecule has 8 heteroatoms. The van der Waals surface area contributed by atoms with E-state index >= 15 is 0 Å². The molecule has 0 unspecified atom stereocenters. The first-order valence-corrected chi connectivity index (χ1v) is 7.08. The first-order valence-electron chi connectivity index (χ1n) is 5.47. The number of aliphatic hydroxyl groups excluding tert-OH is 1. The first-order chi connectivity index (χ1) is 9.38. The van der Waals surface area contributed by atoms with E-state index in [1.165, 1.54) is 31.2 Å². The summed E-state index contributed by atoms with van der Waals surface area (Å²) in [6, 6.07) is 5.02. The summed E-state index contributed by atoms with van der Waals surface area (Å²) in [5.74, 6) is -0.192. The maximum absolute atomic E-state index is 13.0. The molecule has 2 aromatic rings. The molecule has 0 saturated heterocycles. The quantitative estimate of drug-likeness (QED) is 0.646. The third-order valence-electron chi connectivity index (χ3n) is 2.40. The van der Waals surface area contributed by atoms with Gasteiger partial charge in [-0.1, -0.05) is 11.3 Å². The van der Waals surface area contributed by atoms with Crippen molar-refractivity contribution in [3.8, 4) is 10.8 Å². The summed E-state index contributed by atoms with van der Waals surface area (Å²) >= 11 is 4.10. The lowest BCUT2D eigenvalue weighted by Crippen LogP contribution is -1.90. The molecule has 0 radical (unpaired) electrons. The second-order valence-electron chi connectivity index (χ2n) is 3.93. The van der Waals surface area contributed by atoms with Crippen molar-refractivity contribution in [2.75, 3.05) is 0 Å². The van der Waals surface area contributed by atoms with Crippen molar-refractivity contribution in [3.05, 3.63) is 49.5 Å². The predicted octanol–water partition coefficient (Wildman–Crippen LogP) is 4.40. The number of hydrogen-bond acceptors (Lipinski definition) is 5. The summed E-state index contributed by atoms with van der Waals surface area (Å²) in [5, 5.41) is 20.5. The van der Waals surface area contributed by atoms with Crippen LogP contribution < -0.4 is 4.74 Å². The summed E-state index contributed by atoms with van der Waals surface area (Å²) in [7, 11) is 0. The molecule has 1 aromatic heterocycles. The number of rotatable bonds is 4. The highest BCUT2D eigenvalue weighted by atomic mass is 79.9. The van der Waals surface area contributed by atoms with Crippen LogP contribution in [0, 0.1) is 15.9 Å². The normalized spacial score (nSPS) is 12.2. The van der Waals surface area contributed by atoms with Crippen LogP contribution in [0.1, 0.15) is 17.9 Å². The molecule has 1 atom stereocenters.